The zero-order chi connectivity index (χ0) is 10.6. The number of hydrogen-bond acceptors (Lipinski definition) is 4. The number of nitrogens with zero attached hydrogens (tertiary/aromatic N) is 2. The van der Waals surface area contributed by atoms with E-state index in [1.54, 1.807) is 6.07 Å². The molecular formula is C9H9N3O2. The summed E-state index contributed by atoms with van der Waals surface area (Å²) in [6, 6.07) is 6.52. The minimum Gasteiger partial charge on any atom is -0.393 e. The van der Waals surface area contributed by atoms with Crippen LogP contribution in [0.4, 0.5) is 11.4 Å². The summed E-state index contributed by atoms with van der Waals surface area (Å²) in [7, 11) is 0. The van der Waals surface area contributed by atoms with Crippen LogP contribution in [0.3, 0.4) is 0 Å². The molecule has 2 N–H and O–H groups in total. The number of aryl methyl sites for hydroxylation is 1. The smallest absolute Gasteiger partial charge is 0.292 e. The number of rotatable bonds is 3. The molecule has 0 heterocycles. The Labute approximate surface area is 80.9 Å². The van der Waals surface area contributed by atoms with Crippen molar-refractivity contribution in [1.29, 1.82) is 5.26 Å². The van der Waals surface area contributed by atoms with Gasteiger partial charge in [-0.3, -0.25) is 10.1 Å². The van der Waals surface area contributed by atoms with Crippen molar-refractivity contribution in [1.82, 2.24) is 0 Å². The van der Waals surface area contributed by atoms with E-state index in [9.17, 15) is 10.1 Å². The number of benzene rings is 1. The lowest BCUT2D eigenvalue weighted by Crippen LogP contribution is -1.96. The monoisotopic (exact) mass is 191 g/mol. The molecule has 0 saturated carbocycles. The molecule has 1 aromatic rings. The number of hydrogen-bond donors (Lipinski definition) is 1. The molecule has 1 rings (SSSR count). The third kappa shape index (κ3) is 2.20. The second kappa shape index (κ2) is 4.23. The van der Waals surface area contributed by atoms with Crippen LogP contribution >= 0.6 is 0 Å². The van der Waals surface area contributed by atoms with Gasteiger partial charge in [-0.15, -0.1) is 0 Å². The van der Waals surface area contributed by atoms with Gasteiger partial charge in [0.1, 0.15) is 5.69 Å². The van der Waals surface area contributed by atoms with E-state index in [0.29, 0.717) is 12.8 Å². The lowest BCUT2D eigenvalue weighted by molar-refractivity contribution is -0.383. The molecule has 0 aromatic heterocycles. The summed E-state index contributed by atoms with van der Waals surface area (Å²) in [6.45, 7) is 0. The molecule has 0 unspecified atom stereocenters. The minimum atomic E-state index is -0.524. The Hall–Kier alpha value is -2.09. The van der Waals surface area contributed by atoms with E-state index < -0.39 is 4.92 Å². The molecule has 0 bridgehead atoms. The van der Waals surface area contributed by atoms with E-state index in [2.05, 4.69) is 0 Å². The van der Waals surface area contributed by atoms with Crippen molar-refractivity contribution < 1.29 is 4.92 Å². The van der Waals surface area contributed by atoms with E-state index in [1.807, 2.05) is 6.07 Å². The molecule has 0 fully saturated rings. The first-order chi connectivity index (χ1) is 6.65. The van der Waals surface area contributed by atoms with E-state index in [4.69, 9.17) is 11.0 Å². The van der Waals surface area contributed by atoms with Gasteiger partial charge in [-0.1, -0.05) is 6.07 Å². The topological polar surface area (TPSA) is 92.9 Å². The van der Waals surface area contributed by atoms with E-state index in [1.165, 1.54) is 12.1 Å². The normalized spacial score (nSPS) is 9.36. The summed E-state index contributed by atoms with van der Waals surface area (Å²) < 4.78 is 0. The lowest BCUT2D eigenvalue weighted by Gasteiger charge is -2.00. The third-order valence-corrected chi connectivity index (χ3v) is 1.81. The fourth-order valence-corrected chi connectivity index (χ4v) is 1.13. The summed E-state index contributed by atoms with van der Waals surface area (Å²) in [5.41, 5.74) is 6.36. The van der Waals surface area contributed by atoms with Crippen LogP contribution in [0, 0.1) is 21.4 Å². The van der Waals surface area contributed by atoms with Crippen LogP contribution in [0.15, 0.2) is 18.2 Å². The van der Waals surface area contributed by atoms with Gasteiger partial charge in [0, 0.05) is 12.5 Å². The third-order valence-electron chi connectivity index (χ3n) is 1.81. The number of anilines is 1. The van der Waals surface area contributed by atoms with Gasteiger partial charge >= 0.3 is 0 Å². The number of nitro benzene ring substituents is 1. The van der Waals surface area contributed by atoms with Crippen LogP contribution in [-0.4, -0.2) is 4.92 Å². The number of nitrogens with two attached hydrogens (primary N) is 1. The van der Waals surface area contributed by atoms with Crippen LogP contribution < -0.4 is 5.73 Å². The molecule has 5 heteroatoms. The number of nitro groups is 1. The van der Waals surface area contributed by atoms with Crippen molar-refractivity contribution in [2.75, 3.05) is 5.73 Å². The first-order valence-corrected chi connectivity index (χ1v) is 4.05. The SMILES string of the molecule is N#CCCc1ccc([N+](=O)[O-])c(N)c1. The standard InChI is InChI=1S/C9H9N3O2/c10-5-1-2-7-3-4-9(12(13)14)8(11)6-7/h3-4,6H,1-2,11H2. The summed E-state index contributed by atoms with van der Waals surface area (Å²) >= 11 is 0. The van der Waals surface area contributed by atoms with E-state index >= 15 is 0 Å². The van der Waals surface area contributed by atoms with E-state index in [0.717, 1.165) is 5.56 Å². The fraction of sp³-hybridized carbons (Fsp3) is 0.222. The van der Waals surface area contributed by atoms with Crippen LogP contribution in [-0.2, 0) is 6.42 Å². The summed E-state index contributed by atoms with van der Waals surface area (Å²) in [6.07, 6.45) is 0.954. The zero-order valence-electron chi connectivity index (χ0n) is 7.43. The van der Waals surface area contributed by atoms with Crippen molar-refractivity contribution in [3.63, 3.8) is 0 Å². The highest BCUT2D eigenvalue weighted by Gasteiger charge is 2.10. The Morgan fingerprint density at radius 3 is 2.79 bits per heavy atom. The van der Waals surface area contributed by atoms with Crippen molar-refractivity contribution in [3.05, 3.63) is 33.9 Å². The van der Waals surface area contributed by atoms with E-state index in [-0.39, 0.29) is 11.4 Å². The van der Waals surface area contributed by atoms with Crippen molar-refractivity contribution in [3.8, 4) is 6.07 Å². The van der Waals surface area contributed by atoms with Gasteiger partial charge in [0.15, 0.2) is 0 Å². The maximum Gasteiger partial charge on any atom is 0.292 e. The Morgan fingerprint density at radius 1 is 1.57 bits per heavy atom. The average Bonchev–Trinajstić information content (AvgIpc) is 2.14. The van der Waals surface area contributed by atoms with Gasteiger partial charge in [0.2, 0.25) is 0 Å². The zero-order valence-corrected chi connectivity index (χ0v) is 7.43. The highest BCUT2D eigenvalue weighted by molar-refractivity contribution is 5.59. The Morgan fingerprint density at radius 2 is 2.29 bits per heavy atom. The highest BCUT2D eigenvalue weighted by atomic mass is 16.6. The largest absolute Gasteiger partial charge is 0.393 e. The molecule has 0 spiro atoms. The molecule has 1 aromatic carbocycles. The van der Waals surface area contributed by atoms with Crippen molar-refractivity contribution in [2.45, 2.75) is 12.8 Å². The van der Waals surface area contributed by atoms with Crippen molar-refractivity contribution in [2.24, 2.45) is 0 Å². The molecule has 0 aliphatic rings. The van der Waals surface area contributed by atoms with Crippen molar-refractivity contribution >= 4 is 11.4 Å². The van der Waals surface area contributed by atoms with Gasteiger partial charge in [0.25, 0.3) is 5.69 Å². The molecule has 0 saturated heterocycles. The molecule has 0 atom stereocenters. The summed E-state index contributed by atoms with van der Waals surface area (Å²) in [5.74, 6) is 0. The fourth-order valence-electron chi connectivity index (χ4n) is 1.13. The van der Waals surface area contributed by atoms with Gasteiger partial charge in [-0.2, -0.15) is 5.26 Å². The predicted molar refractivity (Wildman–Crippen MR) is 51.4 cm³/mol. The molecule has 0 radical (unpaired) electrons. The lowest BCUT2D eigenvalue weighted by atomic mass is 10.1. The Bertz CT molecular complexity index is 396. The van der Waals surface area contributed by atoms with Crippen LogP contribution in [0.5, 0.6) is 0 Å². The first kappa shape index (κ1) is 9.99. The molecular weight excluding hydrogens is 182 g/mol. The second-order valence-electron chi connectivity index (χ2n) is 2.81. The van der Waals surface area contributed by atoms with Crippen LogP contribution in [0.1, 0.15) is 12.0 Å². The van der Waals surface area contributed by atoms with Crippen LogP contribution in [0.25, 0.3) is 0 Å². The number of nitriles is 1. The molecule has 72 valence electrons. The maximum atomic E-state index is 10.4. The molecule has 14 heavy (non-hydrogen) atoms. The highest BCUT2D eigenvalue weighted by Crippen LogP contribution is 2.22. The minimum absolute atomic E-state index is 0.0919. The Balaban J connectivity index is 2.90. The van der Waals surface area contributed by atoms with Crippen LogP contribution in [0.2, 0.25) is 0 Å². The average molecular weight is 191 g/mol. The predicted octanol–water partition coefficient (Wildman–Crippen LogP) is 1.63. The second-order valence-corrected chi connectivity index (χ2v) is 2.81. The summed E-state index contributed by atoms with van der Waals surface area (Å²) in [5, 5.41) is 18.8. The molecule has 5 nitrogen and oxygen atoms in total. The molecule has 0 amide bonds. The number of nitrogen functional groups attached to an aromatic ring is 1. The van der Waals surface area contributed by atoms with Gasteiger partial charge in [-0.25, -0.2) is 0 Å². The quantitative estimate of drug-likeness (QED) is 0.446. The van der Waals surface area contributed by atoms with Gasteiger partial charge < -0.3 is 5.73 Å². The molecule has 0 aliphatic heterocycles. The summed E-state index contributed by atoms with van der Waals surface area (Å²) in [4.78, 5) is 9.90. The Kier molecular flexibility index (Phi) is 3.02. The first-order valence-electron chi connectivity index (χ1n) is 4.05. The van der Waals surface area contributed by atoms with Gasteiger partial charge in [-0.05, 0) is 18.1 Å². The maximum absolute atomic E-state index is 10.4. The molecule has 0 aliphatic carbocycles. The van der Waals surface area contributed by atoms with Gasteiger partial charge in [0.05, 0.1) is 11.0 Å².